The van der Waals surface area contributed by atoms with Crippen LogP contribution >= 0.6 is 22.6 Å². The zero-order valence-corrected chi connectivity index (χ0v) is 12.6. The van der Waals surface area contributed by atoms with Crippen LogP contribution in [0.25, 0.3) is 0 Å². The van der Waals surface area contributed by atoms with Crippen molar-refractivity contribution in [3.05, 3.63) is 69.0 Å². The van der Waals surface area contributed by atoms with E-state index < -0.39 is 0 Å². The minimum Gasteiger partial charge on any atom is -0.294 e. The lowest BCUT2D eigenvalue weighted by atomic mass is 10.0. The summed E-state index contributed by atoms with van der Waals surface area (Å²) in [5.74, 6) is -0.217. The van der Waals surface area contributed by atoms with Gasteiger partial charge in [-0.2, -0.15) is 0 Å². The third-order valence-corrected chi connectivity index (χ3v) is 3.84. The molecule has 2 rings (SSSR count). The van der Waals surface area contributed by atoms with E-state index in [-0.39, 0.29) is 11.6 Å². The van der Waals surface area contributed by atoms with Crippen molar-refractivity contribution in [3.63, 3.8) is 0 Å². The van der Waals surface area contributed by atoms with Gasteiger partial charge in [0.1, 0.15) is 5.82 Å². The highest BCUT2D eigenvalue weighted by atomic mass is 127. The number of carbonyl (C=O) groups excluding carboxylic acids is 1. The second-order valence-corrected chi connectivity index (χ2v) is 5.55. The van der Waals surface area contributed by atoms with Gasteiger partial charge in [-0.1, -0.05) is 30.3 Å². The first-order chi connectivity index (χ1) is 9.16. The Labute approximate surface area is 126 Å². The van der Waals surface area contributed by atoms with Gasteiger partial charge in [0.2, 0.25) is 0 Å². The summed E-state index contributed by atoms with van der Waals surface area (Å²) in [7, 11) is 0. The molecule has 0 heterocycles. The maximum absolute atomic E-state index is 13.0. The number of benzene rings is 2. The van der Waals surface area contributed by atoms with E-state index in [4.69, 9.17) is 0 Å². The summed E-state index contributed by atoms with van der Waals surface area (Å²) in [5, 5.41) is 0. The molecule has 0 radical (unpaired) electrons. The van der Waals surface area contributed by atoms with Gasteiger partial charge in [-0.25, -0.2) is 4.39 Å². The Bertz CT molecular complexity index is 566. The number of hydrogen-bond donors (Lipinski definition) is 0. The molecule has 3 heteroatoms. The number of ketones is 1. The zero-order valence-electron chi connectivity index (χ0n) is 10.4. The number of carbonyl (C=O) groups is 1. The minimum absolute atomic E-state index is 0.0836. The molecule has 1 nitrogen and oxygen atoms in total. The molecule has 0 bridgehead atoms. The summed E-state index contributed by atoms with van der Waals surface area (Å²) in [6.45, 7) is 0. The number of rotatable bonds is 5. The third kappa shape index (κ3) is 4.13. The van der Waals surface area contributed by atoms with E-state index in [1.807, 2.05) is 40.8 Å². The maximum atomic E-state index is 13.0. The van der Waals surface area contributed by atoms with Gasteiger partial charge >= 0.3 is 0 Å². The molecule has 0 unspecified atom stereocenters. The van der Waals surface area contributed by atoms with Crippen LogP contribution in [-0.2, 0) is 6.42 Å². The molecule has 0 spiro atoms. The van der Waals surface area contributed by atoms with Gasteiger partial charge < -0.3 is 0 Å². The Morgan fingerprint density at radius 1 is 1.11 bits per heavy atom. The number of aryl methyl sites for hydroxylation is 1. The fourth-order valence-electron chi connectivity index (χ4n) is 1.95. The fourth-order valence-corrected chi connectivity index (χ4v) is 2.73. The first kappa shape index (κ1) is 14.2. The second kappa shape index (κ2) is 6.80. The van der Waals surface area contributed by atoms with Crippen molar-refractivity contribution in [1.29, 1.82) is 0 Å². The van der Waals surface area contributed by atoms with Gasteiger partial charge in [-0.3, -0.25) is 4.79 Å². The lowest BCUT2D eigenvalue weighted by Gasteiger charge is -2.04. The van der Waals surface area contributed by atoms with Crippen LogP contribution in [0.15, 0.2) is 48.5 Å². The topological polar surface area (TPSA) is 17.1 Å². The summed E-state index contributed by atoms with van der Waals surface area (Å²) in [5.41, 5.74) is 1.86. The van der Waals surface area contributed by atoms with Crippen LogP contribution in [0.5, 0.6) is 0 Å². The molecule has 19 heavy (non-hydrogen) atoms. The molecule has 0 N–H and O–H groups in total. The molecule has 0 saturated heterocycles. The smallest absolute Gasteiger partial charge is 0.163 e. The van der Waals surface area contributed by atoms with E-state index in [0.717, 1.165) is 12.8 Å². The van der Waals surface area contributed by atoms with Gasteiger partial charge in [0, 0.05) is 15.6 Å². The van der Waals surface area contributed by atoms with E-state index in [0.29, 0.717) is 15.6 Å². The summed E-state index contributed by atoms with van der Waals surface area (Å²) >= 11 is 2.00. The number of Topliss-reactive ketones (excluding diaryl/α,β-unsaturated/α-hetero) is 1. The van der Waals surface area contributed by atoms with Crippen LogP contribution in [0.3, 0.4) is 0 Å². The van der Waals surface area contributed by atoms with Gasteiger partial charge in [-0.05, 0) is 59.2 Å². The van der Waals surface area contributed by atoms with Crippen LogP contribution in [0, 0.1) is 9.39 Å². The highest BCUT2D eigenvalue weighted by molar-refractivity contribution is 14.1. The second-order valence-electron chi connectivity index (χ2n) is 4.39. The first-order valence-electron chi connectivity index (χ1n) is 6.19. The molecule has 0 fully saturated rings. The Kier molecular flexibility index (Phi) is 5.07. The highest BCUT2D eigenvalue weighted by Crippen LogP contribution is 2.17. The SMILES string of the molecule is O=C(CCCc1ccccc1)c1ccc(F)cc1I. The Morgan fingerprint density at radius 3 is 2.53 bits per heavy atom. The Hall–Kier alpha value is -1.23. The molecule has 0 aliphatic rings. The average molecular weight is 368 g/mol. The van der Waals surface area contributed by atoms with Gasteiger partial charge in [0.05, 0.1) is 0 Å². The summed E-state index contributed by atoms with van der Waals surface area (Å²) < 4.78 is 13.7. The van der Waals surface area contributed by atoms with Crippen molar-refractivity contribution in [3.8, 4) is 0 Å². The molecular formula is C16H14FIO. The van der Waals surface area contributed by atoms with Crippen molar-refractivity contribution >= 4 is 28.4 Å². The molecule has 2 aromatic rings. The quantitative estimate of drug-likeness (QED) is 0.555. The normalized spacial score (nSPS) is 10.4. The summed E-state index contributed by atoms with van der Waals surface area (Å²) in [6, 6.07) is 14.4. The van der Waals surface area contributed by atoms with Crippen molar-refractivity contribution < 1.29 is 9.18 Å². The highest BCUT2D eigenvalue weighted by Gasteiger charge is 2.10. The molecule has 0 saturated carbocycles. The maximum Gasteiger partial charge on any atom is 0.163 e. The van der Waals surface area contributed by atoms with E-state index in [1.54, 1.807) is 6.07 Å². The predicted molar refractivity (Wildman–Crippen MR) is 82.8 cm³/mol. The molecule has 0 atom stereocenters. The first-order valence-corrected chi connectivity index (χ1v) is 7.27. The number of halogens is 2. The Balaban J connectivity index is 1.91. The standard InChI is InChI=1S/C16H14FIO/c17-13-9-10-14(15(18)11-13)16(19)8-4-7-12-5-2-1-3-6-12/h1-3,5-6,9-11H,4,7-8H2. The van der Waals surface area contributed by atoms with Crippen LogP contribution in [0.1, 0.15) is 28.8 Å². The Morgan fingerprint density at radius 2 is 1.84 bits per heavy atom. The van der Waals surface area contributed by atoms with E-state index >= 15 is 0 Å². The van der Waals surface area contributed by atoms with Crippen LogP contribution in [-0.4, -0.2) is 5.78 Å². The van der Waals surface area contributed by atoms with Crippen molar-refractivity contribution in [1.82, 2.24) is 0 Å². The van der Waals surface area contributed by atoms with Crippen LogP contribution < -0.4 is 0 Å². The summed E-state index contributed by atoms with van der Waals surface area (Å²) in [6.07, 6.45) is 2.21. The van der Waals surface area contributed by atoms with Crippen molar-refractivity contribution in [2.45, 2.75) is 19.3 Å². The van der Waals surface area contributed by atoms with Crippen LogP contribution in [0.4, 0.5) is 4.39 Å². The van der Waals surface area contributed by atoms with E-state index in [2.05, 4.69) is 12.1 Å². The van der Waals surface area contributed by atoms with Crippen molar-refractivity contribution in [2.75, 3.05) is 0 Å². The monoisotopic (exact) mass is 368 g/mol. The average Bonchev–Trinajstić information content (AvgIpc) is 2.39. The minimum atomic E-state index is -0.301. The van der Waals surface area contributed by atoms with Gasteiger partial charge in [0.25, 0.3) is 0 Å². The fraction of sp³-hybridized carbons (Fsp3) is 0.188. The molecule has 0 aromatic heterocycles. The van der Waals surface area contributed by atoms with Crippen LogP contribution in [0.2, 0.25) is 0 Å². The van der Waals surface area contributed by atoms with E-state index in [9.17, 15) is 9.18 Å². The lowest BCUT2D eigenvalue weighted by Crippen LogP contribution is -2.03. The predicted octanol–water partition coefficient (Wildman–Crippen LogP) is 4.64. The number of hydrogen-bond acceptors (Lipinski definition) is 1. The van der Waals surface area contributed by atoms with Gasteiger partial charge in [-0.15, -0.1) is 0 Å². The molecule has 0 aliphatic heterocycles. The van der Waals surface area contributed by atoms with E-state index in [1.165, 1.54) is 17.7 Å². The molecule has 0 aliphatic carbocycles. The third-order valence-electron chi connectivity index (χ3n) is 2.94. The van der Waals surface area contributed by atoms with Crippen molar-refractivity contribution in [2.24, 2.45) is 0 Å². The molecule has 0 amide bonds. The molecule has 2 aromatic carbocycles. The lowest BCUT2D eigenvalue weighted by molar-refractivity contribution is 0.0979. The summed E-state index contributed by atoms with van der Waals surface area (Å²) in [4.78, 5) is 12.0. The molecular weight excluding hydrogens is 354 g/mol. The van der Waals surface area contributed by atoms with Gasteiger partial charge in [0.15, 0.2) is 5.78 Å². The zero-order chi connectivity index (χ0) is 13.7. The molecule has 98 valence electrons. The largest absolute Gasteiger partial charge is 0.294 e.